The Morgan fingerprint density at radius 3 is 2.65 bits per heavy atom. The molecule has 1 aromatic rings. The third kappa shape index (κ3) is 4.80. The first kappa shape index (κ1) is 14.6. The molecule has 0 radical (unpaired) electrons. The molecule has 0 spiro atoms. The zero-order chi connectivity index (χ0) is 13.3. The molecule has 0 bridgehead atoms. The predicted molar refractivity (Wildman–Crippen MR) is 66.6 cm³/mol. The van der Waals surface area contributed by atoms with Crippen molar-refractivity contribution in [3.8, 4) is 11.8 Å². The number of pyridine rings is 1. The molecule has 0 atom stereocenters. The van der Waals surface area contributed by atoms with Gasteiger partial charge < -0.3 is 10.5 Å². The third-order valence-corrected chi connectivity index (χ3v) is 1.58. The fourth-order valence-corrected chi connectivity index (χ4v) is 0.861. The van der Waals surface area contributed by atoms with Gasteiger partial charge >= 0.3 is 5.97 Å². The molecule has 0 aliphatic rings. The highest BCUT2D eigenvalue weighted by Crippen LogP contribution is 2.06. The van der Waals surface area contributed by atoms with E-state index in [4.69, 9.17) is 11.1 Å². The minimum absolute atomic E-state index is 0.0639. The first-order chi connectivity index (χ1) is 8.15. The lowest BCUT2D eigenvalue weighted by atomic mass is 10.1. The summed E-state index contributed by atoms with van der Waals surface area (Å²) >= 11 is 0. The van der Waals surface area contributed by atoms with E-state index >= 15 is 0 Å². The van der Waals surface area contributed by atoms with Crippen LogP contribution in [0.1, 0.15) is 19.4 Å². The Morgan fingerprint density at radius 2 is 2.12 bits per heavy atom. The van der Waals surface area contributed by atoms with Crippen LogP contribution < -0.4 is 5.73 Å². The van der Waals surface area contributed by atoms with Crippen molar-refractivity contribution in [2.75, 3.05) is 12.8 Å². The van der Waals surface area contributed by atoms with Gasteiger partial charge in [0.15, 0.2) is 0 Å². The Balaban J connectivity index is 0.00000121. The summed E-state index contributed by atoms with van der Waals surface area (Å²) in [5.41, 5.74) is 5.86. The second kappa shape index (κ2) is 7.88. The van der Waals surface area contributed by atoms with Gasteiger partial charge in [0.2, 0.25) is 0 Å². The minimum Gasteiger partial charge on any atom is -0.459 e. The van der Waals surface area contributed by atoms with E-state index in [9.17, 15) is 4.79 Å². The van der Waals surface area contributed by atoms with Crippen LogP contribution in [-0.2, 0) is 9.53 Å². The largest absolute Gasteiger partial charge is 0.459 e. The SMILES string of the molecule is CC.COC(=O)C#CC(=N)c1cccnc1N. The zero-order valence-corrected chi connectivity index (χ0v) is 10.1. The maximum absolute atomic E-state index is 10.7. The molecule has 3 N–H and O–H groups in total. The van der Waals surface area contributed by atoms with Gasteiger partial charge in [0, 0.05) is 12.1 Å². The summed E-state index contributed by atoms with van der Waals surface area (Å²) in [6, 6.07) is 3.25. The van der Waals surface area contributed by atoms with Gasteiger partial charge in [-0.1, -0.05) is 13.8 Å². The number of hydrogen-bond donors (Lipinski definition) is 2. The van der Waals surface area contributed by atoms with Crippen LogP contribution in [0, 0.1) is 17.3 Å². The number of hydrogen-bond acceptors (Lipinski definition) is 5. The van der Waals surface area contributed by atoms with Crippen molar-refractivity contribution in [3.63, 3.8) is 0 Å². The third-order valence-electron chi connectivity index (χ3n) is 1.58. The number of methoxy groups -OCH3 is 1. The lowest BCUT2D eigenvalue weighted by Crippen LogP contribution is -2.04. The second-order valence-electron chi connectivity index (χ2n) is 2.55. The van der Waals surface area contributed by atoms with Crippen molar-refractivity contribution in [2.24, 2.45) is 0 Å². The molecule has 0 fully saturated rings. The van der Waals surface area contributed by atoms with Crippen molar-refractivity contribution in [1.82, 2.24) is 4.98 Å². The normalized spacial score (nSPS) is 7.94. The van der Waals surface area contributed by atoms with Crippen LogP contribution in [0.5, 0.6) is 0 Å². The van der Waals surface area contributed by atoms with E-state index in [1.807, 2.05) is 13.8 Å². The molecule has 0 unspecified atom stereocenters. The van der Waals surface area contributed by atoms with Gasteiger partial charge in [-0.25, -0.2) is 9.78 Å². The average molecular weight is 233 g/mol. The van der Waals surface area contributed by atoms with Crippen LogP contribution in [0.2, 0.25) is 0 Å². The van der Waals surface area contributed by atoms with Crippen LogP contribution in [0.4, 0.5) is 5.82 Å². The van der Waals surface area contributed by atoms with Crippen LogP contribution in [-0.4, -0.2) is 23.8 Å². The van der Waals surface area contributed by atoms with Gasteiger partial charge in [-0.05, 0) is 18.1 Å². The molecule has 0 saturated heterocycles. The molecular weight excluding hydrogens is 218 g/mol. The maximum Gasteiger partial charge on any atom is 0.384 e. The Morgan fingerprint density at radius 1 is 1.47 bits per heavy atom. The topological polar surface area (TPSA) is 89.1 Å². The fourth-order valence-electron chi connectivity index (χ4n) is 0.861. The van der Waals surface area contributed by atoms with Crippen molar-refractivity contribution < 1.29 is 9.53 Å². The highest BCUT2D eigenvalue weighted by atomic mass is 16.5. The average Bonchev–Trinajstić information content (AvgIpc) is 2.38. The number of anilines is 1. The van der Waals surface area contributed by atoms with Gasteiger partial charge in [0.05, 0.1) is 12.7 Å². The quantitative estimate of drug-likeness (QED) is 0.330. The molecule has 1 heterocycles. The highest BCUT2D eigenvalue weighted by Gasteiger charge is 2.03. The number of ether oxygens (including phenoxy) is 1. The Bertz CT molecular complexity index is 458. The van der Waals surface area contributed by atoms with Crippen LogP contribution >= 0.6 is 0 Å². The first-order valence-corrected chi connectivity index (χ1v) is 5.04. The van der Waals surface area contributed by atoms with Crippen LogP contribution in [0.25, 0.3) is 0 Å². The van der Waals surface area contributed by atoms with E-state index < -0.39 is 5.97 Å². The lowest BCUT2D eigenvalue weighted by molar-refractivity contribution is -0.133. The molecule has 0 aliphatic heterocycles. The minimum atomic E-state index is -0.692. The second-order valence-corrected chi connectivity index (χ2v) is 2.55. The molecule has 17 heavy (non-hydrogen) atoms. The number of nitrogens with two attached hydrogens (primary N) is 1. The summed E-state index contributed by atoms with van der Waals surface area (Å²) in [6.07, 6.45) is 1.51. The molecule has 0 aliphatic carbocycles. The number of nitrogens with zero attached hydrogens (tertiary/aromatic N) is 1. The van der Waals surface area contributed by atoms with Crippen LogP contribution in [0.15, 0.2) is 18.3 Å². The number of nitrogen functional groups attached to an aromatic ring is 1. The summed E-state index contributed by atoms with van der Waals surface area (Å²) in [7, 11) is 1.22. The number of rotatable bonds is 1. The van der Waals surface area contributed by atoms with E-state index in [-0.39, 0.29) is 11.5 Å². The van der Waals surface area contributed by atoms with Gasteiger partial charge in [0.25, 0.3) is 0 Å². The van der Waals surface area contributed by atoms with Crippen LogP contribution in [0.3, 0.4) is 0 Å². The number of carbonyl (C=O) groups excluding carboxylic acids is 1. The molecule has 0 saturated carbocycles. The Kier molecular flexibility index (Phi) is 6.79. The number of carbonyl (C=O) groups is 1. The van der Waals surface area contributed by atoms with E-state index in [2.05, 4.69) is 21.6 Å². The van der Waals surface area contributed by atoms with Gasteiger partial charge in [-0.2, -0.15) is 0 Å². The standard InChI is InChI=1S/C10H9N3O2.C2H6/c1-15-9(14)5-4-8(11)7-3-2-6-13-10(7)12;1-2/h2-3,6,11H,1H3,(H2,12,13);1-2H3. The molecule has 1 rings (SSSR count). The maximum atomic E-state index is 10.7. The molecule has 90 valence electrons. The molecule has 1 aromatic heterocycles. The Hall–Kier alpha value is -2.35. The molecule has 5 nitrogen and oxygen atoms in total. The van der Waals surface area contributed by atoms with Gasteiger partial charge in [0.1, 0.15) is 11.5 Å². The smallest absolute Gasteiger partial charge is 0.384 e. The van der Waals surface area contributed by atoms with Crippen molar-refractivity contribution >= 4 is 17.5 Å². The predicted octanol–water partition coefficient (Wildman–Crippen LogP) is 1.23. The van der Waals surface area contributed by atoms with Crippen molar-refractivity contribution in [2.45, 2.75) is 13.8 Å². The Labute approximate surface area is 101 Å². The monoisotopic (exact) mass is 233 g/mol. The first-order valence-electron chi connectivity index (χ1n) is 5.04. The highest BCUT2D eigenvalue weighted by molar-refractivity contribution is 6.15. The molecule has 0 aromatic carbocycles. The summed E-state index contributed by atoms with van der Waals surface area (Å²) in [5, 5.41) is 7.54. The number of aromatic nitrogens is 1. The summed E-state index contributed by atoms with van der Waals surface area (Å²) in [5.74, 6) is 3.99. The van der Waals surface area contributed by atoms with E-state index in [1.54, 1.807) is 12.1 Å². The van der Waals surface area contributed by atoms with Gasteiger partial charge in [-0.15, -0.1) is 0 Å². The molecule has 0 amide bonds. The van der Waals surface area contributed by atoms with E-state index in [0.717, 1.165) is 0 Å². The van der Waals surface area contributed by atoms with Crippen molar-refractivity contribution in [1.29, 1.82) is 5.41 Å². The lowest BCUT2D eigenvalue weighted by Gasteiger charge is -1.99. The van der Waals surface area contributed by atoms with Crippen molar-refractivity contribution in [3.05, 3.63) is 23.9 Å². The molecular formula is C12H15N3O2. The summed E-state index contributed by atoms with van der Waals surface area (Å²) < 4.78 is 4.31. The molecule has 5 heteroatoms. The number of esters is 1. The zero-order valence-electron chi connectivity index (χ0n) is 10.1. The summed E-state index contributed by atoms with van der Waals surface area (Å²) in [4.78, 5) is 14.5. The summed E-state index contributed by atoms with van der Waals surface area (Å²) in [6.45, 7) is 4.00. The van der Waals surface area contributed by atoms with E-state index in [1.165, 1.54) is 13.3 Å². The van der Waals surface area contributed by atoms with E-state index in [0.29, 0.717) is 5.56 Å². The fraction of sp³-hybridized carbons (Fsp3) is 0.250. The number of nitrogens with one attached hydrogen (secondary N) is 1. The van der Waals surface area contributed by atoms with Gasteiger partial charge in [-0.3, -0.25) is 5.41 Å².